The summed E-state index contributed by atoms with van der Waals surface area (Å²) in [6.45, 7) is 8.47. The van der Waals surface area contributed by atoms with E-state index >= 15 is 0 Å². The van der Waals surface area contributed by atoms with Crippen molar-refractivity contribution >= 4 is 22.8 Å². The maximum atomic E-state index is 5.76. The molecule has 0 amide bonds. The number of hydrogen-bond donors (Lipinski definition) is 3. The lowest BCUT2D eigenvalue weighted by molar-refractivity contribution is 0.271. The molecule has 0 aliphatic heterocycles. The van der Waals surface area contributed by atoms with Gasteiger partial charge in [0.2, 0.25) is 0 Å². The van der Waals surface area contributed by atoms with E-state index in [2.05, 4.69) is 68.9 Å². The number of aryl methyl sites for hydroxylation is 1. The zero-order valence-electron chi connectivity index (χ0n) is 18.9. The van der Waals surface area contributed by atoms with Gasteiger partial charge in [-0.3, -0.25) is 9.67 Å². The molecule has 9 nitrogen and oxygen atoms in total. The second kappa shape index (κ2) is 10.6. The minimum Gasteiger partial charge on any atom is -0.493 e. The number of benzene rings is 1. The average molecular weight is 425 g/mol. The van der Waals surface area contributed by atoms with Gasteiger partial charge in [0.15, 0.2) is 11.6 Å². The molecular weight excluding hydrogens is 392 g/mol. The normalized spacial score (nSPS) is 12.8. The number of nitrogens with one attached hydrogen (secondary N) is 3. The molecule has 3 aromatic rings. The van der Waals surface area contributed by atoms with Crippen LogP contribution in [-0.2, 0) is 7.05 Å². The van der Waals surface area contributed by atoms with Crippen LogP contribution in [0.1, 0.15) is 32.4 Å². The van der Waals surface area contributed by atoms with Crippen LogP contribution in [0.15, 0.2) is 41.8 Å². The zero-order valence-corrected chi connectivity index (χ0v) is 18.9. The number of anilines is 1. The van der Waals surface area contributed by atoms with E-state index in [1.165, 1.54) is 0 Å². The Morgan fingerprint density at radius 2 is 1.90 bits per heavy atom. The Balaban J connectivity index is 1.46. The Hall–Kier alpha value is -3.36. The lowest BCUT2D eigenvalue weighted by Gasteiger charge is -2.19. The minimum absolute atomic E-state index is 0.107. The molecule has 0 fully saturated rings. The number of rotatable bonds is 9. The number of aromatic nitrogens is 4. The van der Waals surface area contributed by atoms with Crippen LogP contribution in [-0.4, -0.2) is 52.5 Å². The first-order valence-electron chi connectivity index (χ1n) is 10.5. The van der Waals surface area contributed by atoms with Crippen molar-refractivity contribution < 1.29 is 4.74 Å². The molecule has 0 aliphatic rings. The monoisotopic (exact) mass is 424 g/mol. The van der Waals surface area contributed by atoms with Gasteiger partial charge < -0.3 is 20.7 Å². The van der Waals surface area contributed by atoms with Crippen molar-refractivity contribution in [1.29, 1.82) is 0 Å². The molecule has 1 unspecified atom stereocenters. The van der Waals surface area contributed by atoms with Crippen LogP contribution in [0.5, 0.6) is 5.75 Å². The fourth-order valence-electron chi connectivity index (χ4n) is 3.06. The molecule has 2 heterocycles. The van der Waals surface area contributed by atoms with Crippen LogP contribution in [0, 0.1) is 5.92 Å². The molecule has 0 saturated carbocycles. The second-order valence-electron chi connectivity index (χ2n) is 7.79. The molecule has 166 valence electrons. The van der Waals surface area contributed by atoms with Gasteiger partial charge in [-0.25, -0.2) is 9.97 Å². The quantitative estimate of drug-likeness (QED) is 0.276. The number of aliphatic imine (C=N–C) groups is 1. The van der Waals surface area contributed by atoms with Crippen molar-refractivity contribution in [2.24, 2.45) is 18.0 Å². The SMILES string of the molecule is CN=C(NCCNc1ncnc2c1cnn2C)NC(C)c1ccc(OCC(C)C)cc1. The minimum atomic E-state index is 0.107. The highest BCUT2D eigenvalue weighted by molar-refractivity contribution is 5.86. The third-order valence-corrected chi connectivity index (χ3v) is 4.78. The Morgan fingerprint density at radius 3 is 2.61 bits per heavy atom. The highest BCUT2D eigenvalue weighted by Crippen LogP contribution is 2.18. The van der Waals surface area contributed by atoms with Gasteiger partial charge in [0.05, 0.1) is 24.2 Å². The zero-order chi connectivity index (χ0) is 22.2. The fraction of sp³-hybridized carbons (Fsp3) is 0.455. The van der Waals surface area contributed by atoms with Crippen molar-refractivity contribution in [3.63, 3.8) is 0 Å². The summed E-state index contributed by atoms with van der Waals surface area (Å²) >= 11 is 0. The standard InChI is InChI=1S/C22H32N8O/c1-15(2)13-31-18-8-6-17(7-9-18)16(3)29-22(23-4)25-11-10-24-20-19-12-28-30(5)21(19)27-14-26-20/h6-9,12,14-16H,10-11,13H2,1-5H3,(H2,23,25,29)(H,24,26,27). The number of ether oxygens (including phenoxy) is 1. The third-order valence-electron chi connectivity index (χ3n) is 4.78. The summed E-state index contributed by atoms with van der Waals surface area (Å²) in [6.07, 6.45) is 3.31. The summed E-state index contributed by atoms with van der Waals surface area (Å²) in [5.74, 6) is 2.92. The highest BCUT2D eigenvalue weighted by atomic mass is 16.5. The number of nitrogens with zero attached hydrogens (tertiary/aromatic N) is 5. The summed E-state index contributed by atoms with van der Waals surface area (Å²) < 4.78 is 7.49. The van der Waals surface area contributed by atoms with E-state index in [4.69, 9.17) is 4.74 Å². The van der Waals surface area contributed by atoms with Crippen molar-refractivity contribution in [1.82, 2.24) is 30.4 Å². The molecule has 0 saturated heterocycles. The van der Waals surface area contributed by atoms with Crippen molar-refractivity contribution in [2.75, 3.05) is 32.1 Å². The molecule has 9 heteroatoms. The van der Waals surface area contributed by atoms with Gasteiger partial charge in [0.1, 0.15) is 17.9 Å². The Morgan fingerprint density at radius 1 is 1.13 bits per heavy atom. The Bertz CT molecular complexity index is 996. The Kier molecular flexibility index (Phi) is 7.64. The molecule has 1 aromatic carbocycles. The Labute approximate surface area is 183 Å². The largest absolute Gasteiger partial charge is 0.493 e. The molecule has 0 bridgehead atoms. The molecular formula is C22H32N8O. The van der Waals surface area contributed by atoms with Gasteiger partial charge in [-0.1, -0.05) is 26.0 Å². The van der Waals surface area contributed by atoms with Gasteiger partial charge >= 0.3 is 0 Å². The lowest BCUT2D eigenvalue weighted by atomic mass is 10.1. The van der Waals surface area contributed by atoms with Crippen LogP contribution in [0.2, 0.25) is 0 Å². The van der Waals surface area contributed by atoms with Crippen LogP contribution < -0.4 is 20.7 Å². The van der Waals surface area contributed by atoms with Crippen molar-refractivity contribution in [3.8, 4) is 5.75 Å². The maximum Gasteiger partial charge on any atom is 0.191 e. The van der Waals surface area contributed by atoms with Gasteiger partial charge in [-0.15, -0.1) is 0 Å². The van der Waals surface area contributed by atoms with Crippen LogP contribution in [0.4, 0.5) is 5.82 Å². The molecule has 2 aromatic heterocycles. The summed E-state index contributed by atoms with van der Waals surface area (Å²) in [7, 11) is 3.63. The van der Waals surface area contributed by atoms with E-state index in [0.29, 0.717) is 19.0 Å². The third kappa shape index (κ3) is 6.07. The molecule has 0 aliphatic carbocycles. The molecule has 0 spiro atoms. The van der Waals surface area contributed by atoms with Gasteiger partial charge in [-0.05, 0) is 30.5 Å². The van der Waals surface area contributed by atoms with Gasteiger partial charge in [-0.2, -0.15) is 5.10 Å². The topological polar surface area (TPSA) is 101 Å². The van der Waals surface area contributed by atoms with Crippen molar-refractivity contribution in [2.45, 2.75) is 26.8 Å². The van der Waals surface area contributed by atoms with E-state index in [-0.39, 0.29) is 6.04 Å². The predicted octanol–water partition coefficient (Wildman–Crippen LogP) is 2.74. The molecule has 3 rings (SSSR count). The first-order valence-corrected chi connectivity index (χ1v) is 10.5. The predicted molar refractivity (Wildman–Crippen MR) is 124 cm³/mol. The smallest absolute Gasteiger partial charge is 0.191 e. The number of fused-ring (bicyclic) bond motifs is 1. The highest BCUT2D eigenvalue weighted by Gasteiger charge is 2.09. The van der Waals surface area contributed by atoms with E-state index in [9.17, 15) is 0 Å². The molecule has 1 atom stereocenters. The lowest BCUT2D eigenvalue weighted by Crippen LogP contribution is -2.40. The summed E-state index contributed by atoms with van der Waals surface area (Å²) in [5.41, 5.74) is 1.97. The molecule has 3 N–H and O–H groups in total. The first kappa shape index (κ1) is 22.3. The van der Waals surface area contributed by atoms with Crippen LogP contribution >= 0.6 is 0 Å². The van der Waals surface area contributed by atoms with E-state index in [1.54, 1.807) is 24.3 Å². The van der Waals surface area contributed by atoms with Gasteiger partial charge in [0, 0.05) is 27.2 Å². The van der Waals surface area contributed by atoms with E-state index in [1.807, 2.05) is 19.2 Å². The van der Waals surface area contributed by atoms with Crippen LogP contribution in [0.3, 0.4) is 0 Å². The summed E-state index contributed by atoms with van der Waals surface area (Å²) in [4.78, 5) is 12.9. The summed E-state index contributed by atoms with van der Waals surface area (Å²) in [6, 6.07) is 8.29. The first-order chi connectivity index (χ1) is 15.0. The molecule has 31 heavy (non-hydrogen) atoms. The summed E-state index contributed by atoms with van der Waals surface area (Å²) in [5, 5.41) is 15.2. The second-order valence-corrected chi connectivity index (χ2v) is 7.79. The van der Waals surface area contributed by atoms with Crippen LogP contribution in [0.25, 0.3) is 11.0 Å². The number of hydrogen-bond acceptors (Lipinski definition) is 6. The number of guanidine groups is 1. The van der Waals surface area contributed by atoms with E-state index < -0.39 is 0 Å². The fourth-order valence-corrected chi connectivity index (χ4v) is 3.06. The maximum absolute atomic E-state index is 5.76. The van der Waals surface area contributed by atoms with E-state index in [0.717, 1.165) is 40.7 Å². The average Bonchev–Trinajstić information content (AvgIpc) is 3.16. The van der Waals surface area contributed by atoms with Gasteiger partial charge in [0.25, 0.3) is 0 Å². The van der Waals surface area contributed by atoms with Crippen molar-refractivity contribution in [3.05, 3.63) is 42.4 Å². The molecule has 0 radical (unpaired) electrons.